The fourth-order valence-electron chi connectivity index (χ4n) is 1.64. The van der Waals surface area contributed by atoms with Gasteiger partial charge in [-0.1, -0.05) is 12.2 Å². The number of unbranched alkanes of at least 4 members (excludes halogenated alkanes) is 1. The fraction of sp³-hybridized carbons (Fsp3) is 0.833. The average molecular weight is 260 g/mol. The molecule has 0 saturated heterocycles. The minimum absolute atomic E-state index is 0.239. The summed E-state index contributed by atoms with van der Waals surface area (Å²) in [5.74, 6) is 0.239. The molecule has 1 N–H and O–H groups in total. The van der Waals surface area contributed by atoms with E-state index in [2.05, 4.69) is 11.9 Å². The Morgan fingerprint density at radius 3 is 2.59 bits per heavy atom. The van der Waals surface area contributed by atoms with Crippen LogP contribution in [-0.4, -0.2) is 44.7 Å². The maximum absolute atomic E-state index is 11.8. The van der Waals surface area contributed by atoms with Gasteiger partial charge in [-0.05, 0) is 39.2 Å². The normalized spacial score (nSPS) is 16.4. The lowest BCUT2D eigenvalue weighted by Gasteiger charge is -2.16. The minimum Gasteiger partial charge on any atom is -0.314 e. The van der Waals surface area contributed by atoms with E-state index in [1.165, 1.54) is 17.1 Å². The predicted octanol–water partition coefficient (Wildman–Crippen LogP) is 1.36. The van der Waals surface area contributed by atoms with E-state index in [1.54, 1.807) is 7.05 Å². The van der Waals surface area contributed by atoms with Gasteiger partial charge in [0.2, 0.25) is 10.0 Å². The Balaban J connectivity index is 2.15. The van der Waals surface area contributed by atoms with Crippen LogP contribution in [0.2, 0.25) is 0 Å². The molecular weight excluding hydrogens is 236 g/mol. The number of nitrogens with one attached hydrogen (secondary N) is 1. The van der Waals surface area contributed by atoms with Crippen molar-refractivity contribution < 1.29 is 8.42 Å². The lowest BCUT2D eigenvalue weighted by atomic mass is 10.3. The Morgan fingerprint density at radius 2 is 2.06 bits per heavy atom. The molecule has 1 saturated carbocycles. The number of hydrogen-bond acceptors (Lipinski definition) is 3. The molecule has 1 fully saturated rings. The van der Waals surface area contributed by atoms with E-state index in [0.717, 1.165) is 25.0 Å². The number of nitrogens with zero attached hydrogens (tertiary/aromatic N) is 1. The smallest absolute Gasteiger partial charge is 0.214 e. The van der Waals surface area contributed by atoms with Gasteiger partial charge in [0.1, 0.15) is 0 Å². The first-order valence-corrected chi connectivity index (χ1v) is 7.84. The molecule has 0 amide bonds. The van der Waals surface area contributed by atoms with E-state index in [9.17, 15) is 8.42 Å². The van der Waals surface area contributed by atoms with Crippen molar-refractivity contribution in [1.82, 2.24) is 9.62 Å². The summed E-state index contributed by atoms with van der Waals surface area (Å²) in [4.78, 5) is 0. The summed E-state index contributed by atoms with van der Waals surface area (Å²) in [6.07, 6.45) is 4.21. The first kappa shape index (κ1) is 14.7. The Labute approximate surface area is 105 Å². The van der Waals surface area contributed by atoms with Gasteiger partial charge in [0.25, 0.3) is 0 Å². The molecule has 0 radical (unpaired) electrons. The molecule has 17 heavy (non-hydrogen) atoms. The van der Waals surface area contributed by atoms with Crippen molar-refractivity contribution in [3.63, 3.8) is 0 Å². The zero-order chi connectivity index (χ0) is 12.9. The SMILES string of the molecule is C=C(C)CN(C)S(=O)(=O)CCCCNC1CC1. The number of sulfonamides is 1. The molecule has 4 nitrogen and oxygen atoms in total. The molecule has 1 aliphatic carbocycles. The first-order chi connectivity index (χ1) is 7.92. The molecule has 0 aromatic heterocycles. The highest BCUT2D eigenvalue weighted by Crippen LogP contribution is 2.18. The molecular formula is C12H24N2O2S. The molecule has 100 valence electrons. The van der Waals surface area contributed by atoms with Crippen molar-refractivity contribution in [2.75, 3.05) is 25.9 Å². The molecule has 0 spiro atoms. The van der Waals surface area contributed by atoms with Crippen LogP contribution in [0, 0.1) is 0 Å². The van der Waals surface area contributed by atoms with Crippen LogP contribution in [0.5, 0.6) is 0 Å². The van der Waals surface area contributed by atoms with Crippen LogP contribution in [0.3, 0.4) is 0 Å². The lowest BCUT2D eigenvalue weighted by molar-refractivity contribution is 0.489. The standard InChI is InChI=1S/C12H24N2O2S/c1-11(2)10-14(3)17(15,16)9-5-4-8-13-12-6-7-12/h12-13H,1,4-10H2,2-3H3. The Kier molecular flexibility index (Phi) is 5.62. The molecule has 0 aromatic carbocycles. The topological polar surface area (TPSA) is 49.4 Å². The van der Waals surface area contributed by atoms with Crippen LogP contribution in [0.4, 0.5) is 0 Å². The lowest BCUT2D eigenvalue weighted by Crippen LogP contribution is -2.30. The minimum atomic E-state index is -3.10. The van der Waals surface area contributed by atoms with E-state index in [-0.39, 0.29) is 5.75 Å². The zero-order valence-electron chi connectivity index (χ0n) is 10.9. The summed E-state index contributed by atoms with van der Waals surface area (Å²) in [5, 5.41) is 3.38. The number of likely N-dealkylation sites (N-methyl/N-ethyl adjacent to an activating group) is 1. The van der Waals surface area contributed by atoms with Gasteiger partial charge in [0.15, 0.2) is 0 Å². The summed E-state index contributed by atoms with van der Waals surface area (Å²) < 4.78 is 25.1. The fourth-order valence-corrected chi connectivity index (χ4v) is 2.94. The molecule has 0 bridgehead atoms. The van der Waals surface area contributed by atoms with Gasteiger partial charge in [-0.3, -0.25) is 0 Å². The molecule has 1 rings (SSSR count). The van der Waals surface area contributed by atoms with Crippen molar-refractivity contribution in [1.29, 1.82) is 0 Å². The first-order valence-electron chi connectivity index (χ1n) is 6.23. The summed E-state index contributed by atoms with van der Waals surface area (Å²) in [7, 11) is -1.48. The van der Waals surface area contributed by atoms with Crippen LogP contribution in [0.1, 0.15) is 32.6 Å². The van der Waals surface area contributed by atoms with E-state index in [1.807, 2.05) is 6.92 Å². The van der Waals surface area contributed by atoms with Crippen molar-refractivity contribution in [3.8, 4) is 0 Å². The van der Waals surface area contributed by atoms with Gasteiger partial charge < -0.3 is 5.32 Å². The van der Waals surface area contributed by atoms with Gasteiger partial charge in [-0.2, -0.15) is 0 Å². The van der Waals surface area contributed by atoms with E-state index >= 15 is 0 Å². The van der Waals surface area contributed by atoms with E-state index in [0.29, 0.717) is 12.6 Å². The molecule has 0 unspecified atom stereocenters. The summed E-state index contributed by atoms with van der Waals surface area (Å²) in [6.45, 7) is 6.92. The van der Waals surface area contributed by atoms with Crippen LogP contribution in [-0.2, 0) is 10.0 Å². The zero-order valence-corrected chi connectivity index (χ0v) is 11.7. The second kappa shape index (κ2) is 6.52. The van der Waals surface area contributed by atoms with Crippen molar-refractivity contribution in [2.24, 2.45) is 0 Å². The third-order valence-corrected chi connectivity index (χ3v) is 4.69. The second-order valence-corrected chi connectivity index (χ2v) is 7.16. The highest BCUT2D eigenvalue weighted by atomic mass is 32.2. The third kappa shape index (κ3) is 6.19. The van der Waals surface area contributed by atoms with Gasteiger partial charge in [0, 0.05) is 19.6 Å². The second-order valence-electron chi connectivity index (χ2n) is 4.96. The van der Waals surface area contributed by atoms with Crippen molar-refractivity contribution in [2.45, 2.75) is 38.6 Å². The molecule has 5 heteroatoms. The van der Waals surface area contributed by atoms with Crippen molar-refractivity contribution >= 4 is 10.0 Å². The molecule has 0 atom stereocenters. The average Bonchev–Trinajstić information content (AvgIpc) is 2.99. The van der Waals surface area contributed by atoms with Gasteiger partial charge in [-0.15, -0.1) is 0 Å². The maximum atomic E-state index is 11.8. The largest absolute Gasteiger partial charge is 0.314 e. The maximum Gasteiger partial charge on any atom is 0.214 e. The molecule has 0 heterocycles. The monoisotopic (exact) mass is 260 g/mol. The molecule has 1 aliphatic rings. The van der Waals surface area contributed by atoms with Gasteiger partial charge in [-0.25, -0.2) is 12.7 Å². The highest BCUT2D eigenvalue weighted by Gasteiger charge is 2.20. The predicted molar refractivity (Wildman–Crippen MR) is 71.5 cm³/mol. The van der Waals surface area contributed by atoms with Crippen LogP contribution in [0.15, 0.2) is 12.2 Å². The number of rotatable bonds is 9. The molecule has 0 aliphatic heterocycles. The quantitative estimate of drug-likeness (QED) is 0.503. The highest BCUT2D eigenvalue weighted by molar-refractivity contribution is 7.89. The summed E-state index contributed by atoms with van der Waals surface area (Å²) >= 11 is 0. The van der Waals surface area contributed by atoms with Crippen LogP contribution in [0.25, 0.3) is 0 Å². The summed E-state index contributed by atoms with van der Waals surface area (Å²) in [5.41, 5.74) is 0.867. The van der Waals surface area contributed by atoms with E-state index in [4.69, 9.17) is 0 Å². The third-order valence-electron chi connectivity index (χ3n) is 2.81. The van der Waals surface area contributed by atoms with Crippen LogP contribution < -0.4 is 5.32 Å². The summed E-state index contributed by atoms with van der Waals surface area (Å²) in [6, 6.07) is 0.706. The Hall–Kier alpha value is -0.390. The molecule has 0 aromatic rings. The Bertz CT molecular complexity index is 348. The van der Waals surface area contributed by atoms with Gasteiger partial charge in [0.05, 0.1) is 5.75 Å². The van der Waals surface area contributed by atoms with E-state index < -0.39 is 10.0 Å². The van der Waals surface area contributed by atoms with Crippen LogP contribution >= 0.6 is 0 Å². The van der Waals surface area contributed by atoms with Crippen molar-refractivity contribution in [3.05, 3.63) is 12.2 Å². The van der Waals surface area contributed by atoms with Gasteiger partial charge >= 0.3 is 0 Å². The number of hydrogen-bond donors (Lipinski definition) is 1. The Morgan fingerprint density at radius 1 is 1.41 bits per heavy atom.